The van der Waals surface area contributed by atoms with Crippen molar-refractivity contribution < 1.29 is 37.8 Å². The fourth-order valence-electron chi connectivity index (χ4n) is 5.39. The fraction of sp³-hybridized carbons (Fsp3) is 0.290. The van der Waals surface area contributed by atoms with Crippen LogP contribution in [0.5, 0.6) is 11.5 Å². The van der Waals surface area contributed by atoms with Crippen molar-refractivity contribution in [2.24, 2.45) is 0 Å². The average Bonchev–Trinajstić information content (AvgIpc) is 3.41. The van der Waals surface area contributed by atoms with E-state index in [1.807, 2.05) is 78.9 Å². The largest absolute Gasteiger partial charge is 0.497 e. The molecule has 0 spiro atoms. The molecule has 1 aromatic heterocycles. The van der Waals surface area contributed by atoms with Gasteiger partial charge < -0.3 is 41.0 Å². The summed E-state index contributed by atoms with van der Waals surface area (Å²) in [5, 5.41) is 0. The number of hydrogen-bond donors (Lipinski definition) is 5. The Morgan fingerprint density at radius 1 is 0.891 bits per heavy atom. The highest BCUT2D eigenvalue weighted by atomic mass is 31.2. The molecule has 1 fully saturated rings. The second kappa shape index (κ2) is 15.0. The minimum absolute atomic E-state index is 0. The molecule has 3 atom stereocenters. The summed E-state index contributed by atoms with van der Waals surface area (Å²) in [7, 11) is -1.82. The predicted molar refractivity (Wildman–Crippen MR) is 170 cm³/mol. The van der Waals surface area contributed by atoms with Gasteiger partial charge in [0.15, 0.2) is 0 Å². The van der Waals surface area contributed by atoms with Gasteiger partial charge in [-0.2, -0.15) is 0 Å². The number of benzene rings is 3. The molecule has 9 N–H and O–H groups in total. The number of aryl methyl sites for hydroxylation is 1. The molecule has 3 aromatic carbocycles. The van der Waals surface area contributed by atoms with Crippen LogP contribution in [0.1, 0.15) is 34.9 Å². The molecular weight excluding hydrogens is 619 g/mol. The molecule has 0 aliphatic carbocycles. The average molecular weight is 659 g/mol. The molecule has 46 heavy (non-hydrogen) atoms. The molecule has 5 rings (SSSR count). The van der Waals surface area contributed by atoms with Crippen molar-refractivity contribution in [3.05, 3.63) is 128 Å². The summed E-state index contributed by atoms with van der Waals surface area (Å²) >= 11 is 0. The monoisotopic (exact) mass is 658 g/mol. The lowest BCUT2D eigenvalue weighted by Crippen LogP contribution is -2.38. The number of hydrogen-bond acceptors (Lipinski definition) is 10. The molecule has 4 aromatic rings. The standard InChI is InChI=1S/C31H33N2O10P.2H3N/c1-20-18-33(30(35)32-29(20)34)28-17-26(43-44(36,37)38)27(42-28)19-41-31(21-7-5-4-6-8-21,22-9-13-24(39-2)14-10-22)23-11-15-25(40-3)16-12-23;;/h4-16,18,26-28H,17,19H2,1-3H3,(H,32,34,35)(H2,36,37,38);2*1H3/t26-,27+,28+;;/m0../s1. The summed E-state index contributed by atoms with van der Waals surface area (Å²) in [6.07, 6.45) is -1.91. The Balaban J connectivity index is 0.00000288. The smallest absolute Gasteiger partial charge is 0.469 e. The fourth-order valence-corrected chi connectivity index (χ4v) is 5.96. The van der Waals surface area contributed by atoms with Gasteiger partial charge in [0, 0.05) is 18.2 Å². The van der Waals surface area contributed by atoms with Crippen molar-refractivity contribution in [1.29, 1.82) is 0 Å². The van der Waals surface area contributed by atoms with E-state index in [1.165, 1.54) is 17.7 Å². The summed E-state index contributed by atoms with van der Waals surface area (Å²) in [6, 6.07) is 24.2. The molecule has 1 aliphatic heterocycles. The van der Waals surface area contributed by atoms with E-state index in [0.29, 0.717) is 11.5 Å². The Labute approximate surface area is 265 Å². The first-order valence-electron chi connectivity index (χ1n) is 13.7. The third-order valence-electron chi connectivity index (χ3n) is 7.55. The molecule has 0 radical (unpaired) electrons. The summed E-state index contributed by atoms with van der Waals surface area (Å²) < 4.78 is 42.1. The van der Waals surface area contributed by atoms with Crippen LogP contribution in [0.3, 0.4) is 0 Å². The van der Waals surface area contributed by atoms with Crippen molar-refractivity contribution in [2.45, 2.75) is 37.4 Å². The van der Waals surface area contributed by atoms with Crippen LogP contribution < -0.4 is 33.0 Å². The van der Waals surface area contributed by atoms with E-state index in [-0.39, 0.29) is 30.9 Å². The Bertz CT molecular complexity index is 1690. The topological polar surface area (TPSA) is 229 Å². The van der Waals surface area contributed by atoms with Gasteiger partial charge in [0.2, 0.25) is 0 Å². The molecule has 0 amide bonds. The highest BCUT2D eigenvalue weighted by Gasteiger charge is 2.44. The second-order valence-corrected chi connectivity index (χ2v) is 11.5. The maximum absolute atomic E-state index is 12.6. The quantitative estimate of drug-likeness (QED) is 0.114. The molecule has 14 nitrogen and oxygen atoms in total. The third-order valence-corrected chi connectivity index (χ3v) is 8.09. The predicted octanol–water partition coefficient (Wildman–Crippen LogP) is 3.96. The molecule has 15 heteroatoms. The number of methoxy groups -OCH3 is 2. The summed E-state index contributed by atoms with van der Waals surface area (Å²) in [4.78, 5) is 46.2. The number of phosphoric ester groups is 1. The number of H-pyrrole nitrogens is 1. The molecule has 2 heterocycles. The van der Waals surface area contributed by atoms with Crippen LogP contribution in [-0.2, 0) is 24.2 Å². The van der Waals surface area contributed by atoms with E-state index in [2.05, 4.69) is 4.98 Å². The number of phosphoric acid groups is 1. The highest BCUT2D eigenvalue weighted by molar-refractivity contribution is 7.46. The van der Waals surface area contributed by atoms with E-state index in [0.717, 1.165) is 16.7 Å². The van der Waals surface area contributed by atoms with E-state index < -0.39 is 43.1 Å². The molecular formula is C31H39N4O10P. The maximum Gasteiger partial charge on any atom is 0.469 e. The second-order valence-electron chi connectivity index (χ2n) is 10.3. The van der Waals surface area contributed by atoms with Gasteiger partial charge in [0.25, 0.3) is 5.56 Å². The summed E-state index contributed by atoms with van der Waals surface area (Å²) in [6.45, 7) is 1.33. The number of aromatic amines is 1. The molecule has 248 valence electrons. The normalized spacial score (nSPS) is 17.9. The zero-order valence-corrected chi connectivity index (χ0v) is 26.6. The van der Waals surface area contributed by atoms with Crippen molar-refractivity contribution in [3.8, 4) is 11.5 Å². The van der Waals surface area contributed by atoms with E-state index in [4.69, 9.17) is 23.5 Å². The number of nitrogens with zero attached hydrogens (tertiary/aromatic N) is 1. The van der Waals surface area contributed by atoms with Crippen LogP contribution in [0.15, 0.2) is 94.6 Å². The van der Waals surface area contributed by atoms with Crippen molar-refractivity contribution in [3.63, 3.8) is 0 Å². The lowest BCUT2D eigenvalue weighted by molar-refractivity contribution is -0.0934. The Morgan fingerprint density at radius 2 is 1.41 bits per heavy atom. The molecule has 0 unspecified atom stereocenters. The zero-order chi connectivity index (χ0) is 31.5. The molecule has 1 aliphatic rings. The van der Waals surface area contributed by atoms with Gasteiger partial charge in [-0.1, -0.05) is 54.6 Å². The Kier molecular flexibility index (Phi) is 11.8. The van der Waals surface area contributed by atoms with Crippen LogP contribution in [0.2, 0.25) is 0 Å². The van der Waals surface area contributed by atoms with Crippen molar-refractivity contribution in [2.75, 3.05) is 20.8 Å². The first-order valence-corrected chi connectivity index (χ1v) is 15.3. The van der Waals surface area contributed by atoms with Crippen LogP contribution in [-0.4, -0.2) is 52.4 Å². The van der Waals surface area contributed by atoms with Crippen LogP contribution in [0, 0.1) is 6.92 Å². The lowest BCUT2D eigenvalue weighted by atomic mass is 9.80. The van der Waals surface area contributed by atoms with Crippen molar-refractivity contribution in [1.82, 2.24) is 21.9 Å². The molecule has 0 bridgehead atoms. The van der Waals surface area contributed by atoms with E-state index in [9.17, 15) is 23.9 Å². The number of aromatic nitrogens is 2. The van der Waals surface area contributed by atoms with Gasteiger partial charge >= 0.3 is 13.5 Å². The van der Waals surface area contributed by atoms with Gasteiger partial charge in [0.05, 0.1) is 20.8 Å². The number of rotatable bonds is 11. The number of nitrogens with one attached hydrogen (secondary N) is 1. The third kappa shape index (κ3) is 7.64. The highest BCUT2D eigenvalue weighted by Crippen LogP contribution is 2.46. The minimum Gasteiger partial charge on any atom is -0.497 e. The van der Waals surface area contributed by atoms with E-state index in [1.54, 1.807) is 14.2 Å². The minimum atomic E-state index is -4.96. The van der Waals surface area contributed by atoms with Crippen LogP contribution in [0.4, 0.5) is 0 Å². The van der Waals surface area contributed by atoms with Gasteiger partial charge in [-0.3, -0.25) is 18.9 Å². The van der Waals surface area contributed by atoms with Gasteiger partial charge in [-0.05, 0) is 47.9 Å². The van der Waals surface area contributed by atoms with Crippen LogP contribution >= 0.6 is 7.82 Å². The summed E-state index contributed by atoms with van der Waals surface area (Å²) in [5.41, 5.74) is 0.0100. The van der Waals surface area contributed by atoms with Crippen molar-refractivity contribution >= 4 is 7.82 Å². The van der Waals surface area contributed by atoms with Gasteiger partial charge in [-0.25, -0.2) is 9.36 Å². The molecule has 0 saturated carbocycles. The number of ether oxygens (including phenoxy) is 4. The van der Waals surface area contributed by atoms with Crippen LogP contribution in [0.25, 0.3) is 0 Å². The Hall–Kier alpha value is -4.11. The maximum atomic E-state index is 12.6. The zero-order valence-electron chi connectivity index (χ0n) is 25.7. The van der Waals surface area contributed by atoms with Gasteiger partial charge in [-0.15, -0.1) is 0 Å². The van der Waals surface area contributed by atoms with Gasteiger partial charge in [0.1, 0.15) is 35.5 Å². The summed E-state index contributed by atoms with van der Waals surface area (Å²) in [5.74, 6) is 1.29. The first kappa shape index (κ1) is 36.4. The first-order chi connectivity index (χ1) is 21.0. The lowest BCUT2D eigenvalue weighted by Gasteiger charge is -2.37. The molecule has 1 saturated heterocycles. The van der Waals surface area contributed by atoms with E-state index >= 15 is 0 Å². The SMILES string of the molecule is COc1ccc(C(OC[C@H]2O[C@@H](n3cc(C)c(=O)[nH]c3=O)C[C@@H]2OP(=O)(O)O)(c2ccccc2)c2ccc(OC)cc2)cc1.N.N. The Morgan fingerprint density at radius 3 is 1.91 bits per heavy atom.